The zero-order valence-corrected chi connectivity index (χ0v) is 18.1. The van der Waals surface area contributed by atoms with Gasteiger partial charge in [0.1, 0.15) is 10.8 Å². The minimum atomic E-state index is -3.40. The van der Waals surface area contributed by atoms with Gasteiger partial charge in [0.2, 0.25) is 0 Å². The molecule has 2 heterocycles. The van der Waals surface area contributed by atoms with Crippen LogP contribution in [0.15, 0.2) is 76.6 Å². The predicted molar refractivity (Wildman–Crippen MR) is 118 cm³/mol. The van der Waals surface area contributed by atoms with Gasteiger partial charge in [-0.25, -0.2) is 12.8 Å². The van der Waals surface area contributed by atoms with Gasteiger partial charge in [0.15, 0.2) is 9.84 Å². The van der Waals surface area contributed by atoms with Crippen LogP contribution in [0.4, 0.5) is 9.39 Å². The summed E-state index contributed by atoms with van der Waals surface area (Å²) in [6.07, 6.45) is 2.51. The van der Waals surface area contributed by atoms with Crippen LogP contribution >= 0.6 is 11.3 Å². The van der Waals surface area contributed by atoms with E-state index in [1.165, 1.54) is 54.7 Å². The van der Waals surface area contributed by atoms with Gasteiger partial charge in [0.25, 0.3) is 5.56 Å². The molecule has 0 N–H and O–H groups in total. The van der Waals surface area contributed by atoms with Gasteiger partial charge >= 0.3 is 5.00 Å². The van der Waals surface area contributed by atoms with Crippen molar-refractivity contribution in [3.05, 3.63) is 93.1 Å². The molecule has 162 valence electrons. The molecule has 2 aromatic heterocycles. The van der Waals surface area contributed by atoms with Crippen molar-refractivity contribution in [2.45, 2.75) is 4.90 Å². The summed E-state index contributed by atoms with van der Waals surface area (Å²) in [5.74, 6) is -0.476. The van der Waals surface area contributed by atoms with Crippen LogP contribution in [-0.2, 0) is 9.84 Å². The third-order valence-electron chi connectivity index (χ3n) is 4.67. The Balaban J connectivity index is 1.94. The van der Waals surface area contributed by atoms with Crippen molar-refractivity contribution in [1.82, 2.24) is 9.78 Å². The highest BCUT2D eigenvalue weighted by Gasteiger charge is 2.19. The molecule has 11 heteroatoms. The van der Waals surface area contributed by atoms with E-state index in [4.69, 9.17) is 0 Å². The summed E-state index contributed by atoms with van der Waals surface area (Å²) in [5, 5.41) is 15.3. The van der Waals surface area contributed by atoms with Gasteiger partial charge in [-0.05, 0) is 52.8 Å². The van der Waals surface area contributed by atoms with Crippen molar-refractivity contribution >= 4 is 26.2 Å². The Kier molecular flexibility index (Phi) is 5.45. The first-order valence-corrected chi connectivity index (χ1v) is 11.8. The van der Waals surface area contributed by atoms with E-state index in [0.717, 1.165) is 22.3 Å². The summed E-state index contributed by atoms with van der Waals surface area (Å²) in [7, 11) is -3.40. The first kappa shape index (κ1) is 21.5. The Morgan fingerprint density at radius 3 is 2.19 bits per heavy atom. The van der Waals surface area contributed by atoms with Crippen LogP contribution in [0.5, 0.6) is 0 Å². The molecular weight excluding hydrogens is 457 g/mol. The van der Waals surface area contributed by atoms with Gasteiger partial charge in [0.05, 0.1) is 21.6 Å². The average Bonchev–Trinajstić information content (AvgIpc) is 3.24. The third-order valence-corrected chi connectivity index (χ3v) is 6.81. The molecule has 0 aliphatic carbocycles. The molecule has 32 heavy (non-hydrogen) atoms. The number of nitro groups is 1. The maximum absolute atomic E-state index is 13.5. The molecule has 0 atom stereocenters. The average molecular weight is 471 g/mol. The van der Waals surface area contributed by atoms with Crippen LogP contribution in [0.2, 0.25) is 0 Å². The van der Waals surface area contributed by atoms with Crippen LogP contribution in [-0.4, -0.2) is 29.4 Å². The molecule has 4 aromatic rings. The van der Waals surface area contributed by atoms with Crippen molar-refractivity contribution in [2.75, 3.05) is 6.26 Å². The highest BCUT2D eigenvalue weighted by atomic mass is 32.2. The summed E-state index contributed by atoms with van der Waals surface area (Å²) in [6, 6.07) is 14.0. The Hall–Kier alpha value is -3.70. The standard InChI is InChI=1S/C21H14FN3O5S2/c1-32(29,30)16-8-4-13(5-9-16)17-12-23-24(18-10-11-19(31-18)25(27)28)21(26)20(17)14-2-6-15(22)7-3-14/h2-12H,1H3. The highest BCUT2D eigenvalue weighted by Crippen LogP contribution is 2.31. The van der Waals surface area contributed by atoms with E-state index in [9.17, 15) is 27.7 Å². The monoisotopic (exact) mass is 471 g/mol. The lowest BCUT2D eigenvalue weighted by Crippen LogP contribution is -2.22. The van der Waals surface area contributed by atoms with Gasteiger partial charge in [-0.2, -0.15) is 9.78 Å². The molecule has 0 aliphatic rings. The SMILES string of the molecule is CS(=O)(=O)c1ccc(-c2cnn(-c3ccc([N+](=O)[O-])s3)c(=O)c2-c2ccc(F)cc2)cc1. The number of benzene rings is 2. The molecule has 0 fully saturated rings. The minimum absolute atomic E-state index is 0.122. The zero-order chi connectivity index (χ0) is 23.0. The first-order valence-electron chi connectivity index (χ1n) is 9.08. The normalized spacial score (nSPS) is 11.4. The van der Waals surface area contributed by atoms with Crippen molar-refractivity contribution in [2.24, 2.45) is 0 Å². The first-order chi connectivity index (χ1) is 15.1. The fourth-order valence-electron chi connectivity index (χ4n) is 3.14. The molecule has 2 aromatic carbocycles. The second-order valence-corrected chi connectivity index (χ2v) is 9.88. The van der Waals surface area contributed by atoms with Crippen molar-refractivity contribution in [3.8, 4) is 27.3 Å². The number of aromatic nitrogens is 2. The van der Waals surface area contributed by atoms with E-state index in [-0.39, 0.29) is 20.5 Å². The van der Waals surface area contributed by atoms with Crippen LogP contribution in [0.1, 0.15) is 0 Å². The number of sulfone groups is 1. The molecule has 0 amide bonds. The molecule has 0 unspecified atom stereocenters. The molecule has 0 bridgehead atoms. The van der Waals surface area contributed by atoms with Crippen LogP contribution < -0.4 is 5.56 Å². The molecular formula is C21H14FN3O5S2. The maximum Gasteiger partial charge on any atom is 0.326 e. The van der Waals surface area contributed by atoms with Crippen molar-refractivity contribution in [3.63, 3.8) is 0 Å². The molecule has 0 saturated heterocycles. The van der Waals surface area contributed by atoms with E-state index in [1.807, 2.05) is 0 Å². The fraction of sp³-hybridized carbons (Fsp3) is 0.0476. The van der Waals surface area contributed by atoms with E-state index < -0.39 is 26.1 Å². The number of nitrogens with zero attached hydrogens (tertiary/aromatic N) is 3. The van der Waals surface area contributed by atoms with E-state index in [2.05, 4.69) is 5.10 Å². The van der Waals surface area contributed by atoms with Gasteiger partial charge in [0, 0.05) is 17.9 Å². The minimum Gasteiger partial charge on any atom is -0.267 e. The Morgan fingerprint density at radius 1 is 1.00 bits per heavy atom. The lowest BCUT2D eigenvalue weighted by Gasteiger charge is -2.12. The lowest BCUT2D eigenvalue weighted by molar-refractivity contribution is -0.380. The summed E-state index contributed by atoms with van der Waals surface area (Å²) < 4.78 is 38.1. The maximum atomic E-state index is 13.5. The Labute approximate surface area is 185 Å². The largest absolute Gasteiger partial charge is 0.326 e. The summed E-state index contributed by atoms with van der Waals surface area (Å²) in [5.41, 5.74) is 0.997. The Morgan fingerprint density at radius 2 is 1.62 bits per heavy atom. The van der Waals surface area contributed by atoms with Gasteiger partial charge < -0.3 is 0 Å². The van der Waals surface area contributed by atoms with E-state index >= 15 is 0 Å². The number of hydrogen-bond acceptors (Lipinski definition) is 7. The van der Waals surface area contributed by atoms with Crippen LogP contribution in [0.3, 0.4) is 0 Å². The van der Waals surface area contributed by atoms with Gasteiger partial charge in [-0.15, -0.1) is 0 Å². The number of rotatable bonds is 5. The topological polar surface area (TPSA) is 112 Å². The van der Waals surface area contributed by atoms with E-state index in [0.29, 0.717) is 16.7 Å². The molecule has 0 spiro atoms. The second-order valence-electron chi connectivity index (χ2n) is 6.82. The van der Waals surface area contributed by atoms with E-state index in [1.54, 1.807) is 12.1 Å². The number of thiophene rings is 1. The van der Waals surface area contributed by atoms with Crippen molar-refractivity contribution in [1.29, 1.82) is 0 Å². The summed E-state index contributed by atoms with van der Waals surface area (Å²) in [4.78, 5) is 24.0. The van der Waals surface area contributed by atoms with Crippen molar-refractivity contribution < 1.29 is 17.7 Å². The molecule has 4 rings (SSSR count). The Bertz CT molecular complexity index is 1490. The molecule has 0 radical (unpaired) electrons. The van der Waals surface area contributed by atoms with Gasteiger partial charge in [-0.3, -0.25) is 14.9 Å². The zero-order valence-electron chi connectivity index (χ0n) is 16.4. The smallest absolute Gasteiger partial charge is 0.267 e. The summed E-state index contributed by atoms with van der Waals surface area (Å²) >= 11 is 0.796. The fourth-order valence-corrected chi connectivity index (χ4v) is 4.54. The lowest BCUT2D eigenvalue weighted by atomic mass is 9.97. The number of hydrogen-bond donors (Lipinski definition) is 0. The number of halogens is 1. The quantitative estimate of drug-likeness (QED) is 0.320. The predicted octanol–water partition coefficient (Wildman–Crippen LogP) is 4.08. The van der Waals surface area contributed by atoms with Crippen LogP contribution in [0.25, 0.3) is 27.3 Å². The van der Waals surface area contributed by atoms with Crippen LogP contribution in [0, 0.1) is 15.9 Å². The third kappa shape index (κ3) is 4.07. The second kappa shape index (κ2) is 8.09. The van der Waals surface area contributed by atoms with Gasteiger partial charge in [-0.1, -0.05) is 24.3 Å². The summed E-state index contributed by atoms with van der Waals surface area (Å²) in [6.45, 7) is 0. The molecule has 8 nitrogen and oxygen atoms in total. The molecule has 0 saturated carbocycles. The highest BCUT2D eigenvalue weighted by molar-refractivity contribution is 7.90. The molecule has 0 aliphatic heterocycles.